The summed E-state index contributed by atoms with van der Waals surface area (Å²) in [5.74, 6) is 0.301. The Morgan fingerprint density at radius 2 is 1.63 bits per heavy atom. The fourth-order valence-corrected chi connectivity index (χ4v) is 8.27. The van der Waals surface area contributed by atoms with Crippen LogP contribution in [0.4, 0.5) is 0 Å². The molecule has 2 aliphatic carbocycles. The third-order valence-electron chi connectivity index (χ3n) is 10.9. The van der Waals surface area contributed by atoms with Crippen LogP contribution in [0, 0.1) is 16.7 Å². The van der Waals surface area contributed by atoms with Crippen molar-refractivity contribution in [2.75, 3.05) is 6.61 Å². The number of allylic oxidation sites excluding steroid dienone is 2. The lowest BCUT2D eigenvalue weighted by molar-refractivity contribution is -0.375. The summed E-state index contributed by atoms with van der Waals surface area (Å²) in [6.45, 7) is 10.0. The average molecular weight is 611 g/mol. The molecule has 0 amide bonds. The van der Waals surface area contributed by atoms with Crippen molar-refractivity contribution in [3.8, 4) is 0 Å². The van der Waals surface area contributed by atoms with Gasteiger partial charge >= 0.3 is 0 Å². The van der Waals surface area contributed by atoms with Crippen molar-refractivity contribution in [1.29, 1.82) is 0 Å². The molecule has 11 heteroatoms. The molecule has 4 aliphatic rings. The zero-order valence-electron chi connectivity index (χ0n) is 25.8. The summed E-state index contributed by atoms with van der Waals surface area (Å²) in [4.78, 5) is 0. The van der Waals surface area contributed by atoms with Gasteiger partial charge in [0.2, 0.25) is 0 Å². The molecule has 11 nitrogen and oxygen atoms in total. The van der Waals surface area contributed by atoms with Crippen LogP contribution in [0.25, 0.3) is 0 Å². The van der Waals surface area contributed by atoms with E-state index in [-0.39, 0.29) is 16.9 Å². The maximum absolute atomic E-state index is 11.1. The van der Waals surface area contributed by atoms with Gasteiger partial charge in [-0.3, -0.25) is 0 Å². The van der Waals surface area contributed by atoms with Gasteiger partial charge in [0, 0.05) is 0 Å². The second-order valence-electron chi connectivity index (χ2n) is 13.9. The van der Waals surface area contributed by atoms with Gasteiger partial charge in [0.05, 0.1) is 31.3 Å². The third kappa shape index (κ3) is 6.10. The van der Waals surface area contributed by atoms with Crippen LogP contribution < -0.4 is 0 Å². The van der Waals surface area contributed by atoms with E-state index in [9.17, 15) is 30.6 Å². The van der Waals surface area contributed by atoms with Gasteiger partial charge < -0.3 is 54.0 Å². The van der Waals surface area contributed by atoms with Crippen molar-refractivity contribution in [2.24, 2.45) is 16.7 Å². The van der Waals surface area contributed by atoms with Crippen LogP contribution in [0.3, 0.4) is 0 Å². The van der Waals surface area contributed by atoms with Gasteiger partial charge in [0.15, 0.2) is 12.6 Å². The van der Waals surface area contributed by atoms with Crippen LogP contribution in [-0.2, 0) is 25.4 Å². The molecule has 43 heavy (non-hydrogen) atoms. The fraction of sp³-hybridized carbons (Fsp3) is 0.812. The highest BCUT2D eigenvalue weighted by atomic mass is 16.8. The van der Waals surface area contributed by atoms with E-state index in [1.165, 1.54) is 23.6 Å². The Morgan fingerprint density at radius 3 is 2.30 bits per heavy atom. The third-order valence-corrected chi connectivity index (χ3v) is 10.9. The van der Waals surface area contributed by atoms with Crippen LogP contribution >= 0.6 is 0 Å². The number of rotatable bonds is 8. The first-order valence-electron chi connectivity index (χ1n) is 15.6. The van der Waals surface area contributed by atoms with Crippen molar-refractivity contribution in [1.82, 2.24) is 0 Å². The molecule has 0 spiro atoms. The Bertz CT molecular complexity index is 1100. The van der Waals surface area contributed by atoms with Crippen molar-refractivity contribution >= 4 is 0 Å². The Balaban J connectivity index is 1.35. The largest absolute Gasteiger partial charge is 0.472 e. The smallest absolute Gasteiger partial charge is 0.187 e. The lowest BCUT2D eigenvalue weighted by Crippen LogP contribution is -2.65. The standard InChI is InChI=1S/C32H50O11/c1-16-6-9-21-31(3,4)22(10-12-32(21,5)19(16)8-7-18-11-13-39-15-18)42-30-28(26(37)24(35)20(14-33)41-30)43-29-27(38)25(36)23(34)17(2)40-29/h11,13,15,17,20-30,33-38H,6-10,12,14H2,1-5H3. The zero-order chi connectivity index (χ0) is 31.3. The Kier molecular flexibility index (Phi) is 9.81. The molecule has 13 atom stereocenters. The molecular formula is C32H50O11. The molecule has 244 valence electrons. The Morgan fingerprint density at radius 1 is 0.884 bits per heavy atom. The quantitative estimate of drug-likeness (QED) is 0.237. The summed E-state index contributed by atoms with van der Waals surface area (Å²) in [5, 5.41) is 62.6. The number of aliphatic hydroxyl groups is 6. The maximum Gasteiger partial charge on any atom is 0.187 e. The molecule has 3 heterocycles. The fourth-order valence-electron chi connectivity index (χ4n) is 8.27. The van der Waals surface area contributed by atoms with E-state index in [0.717, 1.165) is 32.1 Å². The van der Waals surface area contributed by atoms with E-state index in [1.54, 1.807) is 6.26 Å². The predicted octanol–water partition coefficient (Wildman–Crippen LogP) is 1.80. The molecule has 1 aromatic heterocycles. The number of ether oxygens (including phenoxy) is 4. The van der Waals surface area contributed by atoms with Crippen LogP contribution in [0.15, 0.2) is 34.2 Å². The van der Waals surface area contributed by atoms with Gasteiger partial charge in [0.25, 0.3) is 0 Å². The minimum atomic E-state index is -1.61. The SMILES string of the molecule is CC1=C(CCc2ccoc2)C2(C)CCC(OC3OC(CO)C(O)C(O)C3OC3OC(C)C(O)C(O)C3O)C(C)(C)C2CC1. The topological polar surface area (TPSA) is 171 Å². The normalized spacial score (nSPS) is 45.2. The minimum absolute atomic E-state index is 0.0186. The minimum Gasteiger partial charge on any atom is -0.472 e. The number of aliphatic hydroxyl groups excluding tert-OH is 6. The zero-order valence-corrected chi connectivity index (χ0v) is 25.8. The molecule has 1 aromatic rings. The first-order valence-corrected chi connectivity index (χ1v) is 15.6. The summed E-state index contributed by atoms with van der Waals surface area (Å²) in [6, 6.07) is 2.02. The highest BCUT2D eigenvalue weighted by Crippen LogP contribution is 2.61. The van der Waals surface area contributed by atoms with E-state index >= 15 is 0 Å². The Labute approximate surface area is 253 Å². The second kappa shape index (κ2) is 12.8. The van der Waals surface area contributed by atoms with Crippen LogP contribution in [0.1, 0.15) is 72.3 Å². The first kappa shape index (κ1) is 33.0. The highest BCUT2D eigenvalue weighted by Gasteiger charge is 2.57. The number of aryl methyl sites for hydroxylation is 1. The number of fused-ring (bicyclic) bond motifs is 1. The van der Waals surface area contributed by atoms with Gasteiger partial charge in [-0.05, 0) is 80.8 Å². The molecule has 0 radical (unpaired) electrons. The molecule has 3 fully saturated rings. The molecule has 0 bridgehead atoms. The van der Waals surface area contributed by atoms with E-state index in [0.29, 0.717) is 12.3 Å². The summed E-state index contributed by atoms with van der Waals surface area (Å²) in [6.07, 6.45) is -4.72. The van der Waals surface area contributed by atoms with E-state index < -0.39 is 68.0 Å². The summed E-state index contributed by atoms with van der Waals surface area (Å²) in [7, 11) is 0. The first-order chi connectivity index (χ1) is 20.3. The number of hydrogen-bond donors (Lipinski definition) is 6. The lowest BCUT2D eigenvalue weighted by Gasteiger charge is -2.58. The number of furan rings is 1. The summed E-state index contributed by atoms with van der Waals surface area (Å²) < 4.78 is 29.5. The van der Waals surface area contributed by atoms with Gasteiger partial charge in [-0.15, -0.1) is 0 Å². The van der Waals surface area contributed by atoms with Crippen molar-refractivity contribution in [3.63, 3.8) is 0 Å². The summed E-state index contributed by atoms with van der Waals surface area (Å²) in [5.41, 5.74) is 3.81. The van der Waals surface area contributed by atoms with Gasteiger partial charge in [-0.2, -0.15) is 0 Å². The van der Waals surface area contributed by atoms with E-state index in [4.69, 9.17) is 23.4 Å². The monoisotopic (exact) mass is 610 g/mol. The van der Waals surface area contributed by atoms with Crippen LogP contribution in [0.2, 0.25) is 0 Å². The van der Waals surface area contributed by atoms with Crippen molar-refractivity contribution in [3.05, 3.63) is 35.3 Å². The molecule has 5 rings (SSSR count). The van der Waals surface area contributed by atoms with E-state index in [1.807, 2.05) is 12.3 Å². The maximum atomic E-state index is 11.1. The summed E-state index contributed by atoms with van der Waals surface area (Å²) >= 11 is 0. The molecule has 6 N–H and O–H groups in total. The Hall–Kier alpha value is -1.38. The molecule has 0 aromatic carbocycles. The molecule has 1 saturated carbocycles. The highest BCUT2D eigenvalue weighted by molar-refractivity contribution is 5.29. The van der Waals surface area contributed by atoms with Gasteiger partial charge in [-0.1, -0.05) is 31.9 Å². The molecule has 2 saturated heterocycles. The van der Waals surface area contributed by atoms with Gasteiger partial charge in [0.1, 0.15) is 42.7 Å². The average Bonchev–Trinajstić information content (AvgIpc) is 3.48. The van der Waals surface area contributed by atoms with Crippen LogP contribution in [-0.4, -0.2) is 105 Å². The van der Waals surface area contributed by atoms with Gasteiger partial charge in [-0.25, -0.2) is 0 Å². The molecule has 2 aliphatic heterocycles. The molecule has 13 unspecified atom stereocenters. The van der Waals surface area contributed by atoms with Crippen molar-refractivity contribution < 1.29 is 54.0 Å². The van der Waals surface area contributed by atoms with Crippen molar-refractivity contribution in [2.45, 2.75) is 141 Å². The van der Waals surface area contributed by atoms with E-state index in [2.05, 4.69) is 27.7 Å². The predicted molar refractivity (Wildman–Crippen MR) is 153 cm³/mol. The molecular weight excluding hydrogens is 560 g/mol. The lowest BCUT2D eigenvalue weighted by atomic mass is 9.49. The number of hydrogen-bond acceptors (Lipinski definition) is 11. The van der Waals surface area contributed by atoms with Crippen LogP contribution in [0.5, 0.6) is 0 Å². The second-order valence-corrected chi connectivity index (χ2v) is 13.9.